The topological polar surface area (TPSA) is 21.6 Å². The molecule has 3 heteroatoms. The number of rotatable bonds is 0. The highest BCUT2D eigenvalue weighted by atomic mass is 32.2. The van der Waals surface area contributed by atoms with Crippen molar-refractivity contribution in [2.75, 3.05) is 12.9 Å². The lowest BCUT2D eigenvalue weighted by Crippen LogP contribution is -1.87. The van der Waals surface area contributed by atoms with Gasteiger partial charge in [-0.05, 0) is 0 Å². The molecule has 0 amide bonds. The van der Waals surface area contributed by atoms with Gasteiger partial charge in [0.05, 0.1) is 13.7 Å². The third-order valence-electron chi connectivity index (χ3n) is 0.653. The summed E-state index contributed by atoms with van der Waals surface area (Å²) in [6, 6.07) is 0. The van der Waals surface area contributed by atoms with Gasteiger partial charge in [0.1, 0.15) is 0 Å². The highest BCUT2D eigenvalue weighted by molar-refractivity contribution is 8.13. The van der Waals surface area contributed by atoms with Crippen LogP contribution in [0.15, 0.2) is 4.99 Å². The smallest absolute Gasteiger partial charge is 0.245 e. The van der Waals surface area contributed by atoms with Gasteiger partial charge in [-0.25, -0.2) is 4.99 Å². The minimum absolute atomic E-state index is 0.778. The molecular weight excluding hydrogens is 110 g/mol. The number of hydrogen-bond acceptors (Lipinski definition) is 3. The maximum Gasteiger partial charge on any atom is 0.245 e. The van der Waals surface area contributed by atoms with Crippen molar-refractivity contribution in [3.8, 4) is 0 Å². The van der Waals surface area contributed by atoms with Crippen LogP contribution in [0.1, 0.15) is 0 Å². The van der Waals surface area contributed by atoms with E-state index >= 15 is 0 Å². The van der Waals surface area contributed by atoms with Crippen LogP contribution in [-0.2, 0) is 4.74 Å². The third kappa shape index (κ3) is 1.09. The highest BCUT2D eigenvalue weighted by Gasteiger charge is 2.04. The number of thioether (sulfide) groups is 1. The van der Waals surface area contributed by atoms with E-state index in [9.17, 15) is 0 Å². The molecule has 0 aromatic heterocycles. The Morgan fingerprint density at radius 1 is 2.00 bits per heavy atom. The Labute approximate surface area is 47.0 Å². The molecule has 0 aromatic carbocycles. The Hall–Kier alpha value is -0.180. The van der Waals surface area contributed by atoms with Crippen molar-refractivity contribution in [1.82, 2.24) is 0 Å². The van der Waals surface area contributed by atoms with Gasteiger partial charge in [0.25, 0.3) is 0 Å². The zero-order chi connectivity index (χ0) is 5.11. The number of aliphatic imine (C=N–C) groups is 1. The quantitative estimate of drug-likeness (QED) is 0.469. The third-order valence-corrected chi connectivity index (χ3v) is 1.49. The molecule has 7 heavy (non-hydrogen) atoms. The fraction of sp³-hybridized carbons (Fsp3) is 0.500. The van der Waals surface area contributed by atoms with Crippen LogP contribution in [0.2, 0.25) is 0 Å². The zero-order valence-corrected chi connectivity index (χ0v) is 4.86. The fourth-order valence-electron chi connectivity index (χ4n) is 0.369. The van der Waals surface area contributed by atoms with Gasteiger partial charge < -0.3 is 4.74 Å². The predicted octanol–water partition coefficient (Wildman–Crippen LogP) is 0.897. The van der Waals surface area contributed by atoms with E-state index in [1.165, 1.54) is 0 Å². The molecule has 0 atom stereocenters. The highest BCUT2D eigenvalue weighted by Crippen LogP contribution is 2.13. The molecule has 0 saturated heterocycles. The van der Waals surface area contributed by atoms with Crippen LogP contribution in [0.5, 0.6) is 0 Å². The van der Waals surface area contributed by atoms with Gasteiger partial charge in [-0.1, -0.05) is 11.8 Å². The van der Waals surface area contributed by atoms with E-state index in [0.717, 1.165) is 11.0 Å². The second-order valence-corrected chi connectivity index (χ2v) is 2.06. The Bertz CT molecular complexity index is 91.7. The summed E-state index contributed by atoms with van der Waals surface area (Å²) in [6.07, 6.45) is 0. The Morgan fingerprint density at radius 3 is 3.14 bits per heavy atom. The Kier molecular flexibility index (Phi) is 1.57. The van der Waals surface area contributed by atoms with E-state index in [1.54, 1.807) is 18.9 Å². The second kappa shape index (κ2) is 2.21. The molecule has 0 spiro atoms. The molecule has 0 bridgehead atoms. The van der Waals surface area contributed by atoms with Gasteiger partial charge in [-0.15, -0.1) is 0 Å². The van der Waals surface area contributed by atoms with Crippen molar-refractivity contribution < 1.29 is 4.74 Å². The second-order valence-electron chi connectivity index (χ2n) is 1.09. The zero-order valence-electron chi connectivity index (χ0n) is 4.05. The summed E-state index contributed by atoms with van der Waals surface area (Å²) >= 11 is 1.61. The minimum atomic E-state index is 0.778. The first kappa shape index (κ1) is 4.97. The number of methoxy groups -OCH3 is 1. The Balaban J connectivity index is 2.36. The van der Waals surface area contributed by atoms with Gasteiger partial charge in [-0.3, -0.25) is 0 Å². The van der Waals surface area contributed by atoms with Gasteiger partial charge in [0.2, 0.25) is 5.23 Å². The van der Waals surface area contributed by atoms with E-state index in [-0.39, 0.29) is 0 Å². The van der Waals surface area contributed by atoms with Crippen LogP contribution in [0, 0.1) is 6.54 Å². The van der Waals surface area contributed by atoms with E-state index in [4.69, 9.17) is 4.74 Å². The van der Waals surface area contributed by atoms with Gasteiger partial charge in [0.15, 0.2) is 0 Å². The van der Waals surface area contributed by atoms with Crippen LogP contribution >= 0.6 is 11.8 Å². The van der Waals surface area contributed by atoms with Gasteiger partial charge in [0, 0.05) is 5.75 Å². The summed E-state index contributed by atoms with van der Waals surface area (Å²) < 4.78 is 4.79. The van der Waals surface area contributed by atoms with Crippen LogP contribution < -0.4 is 0 Å². The molecule has 1 aliphatic rings. The van der Waals surface area contributed by atoms with Gasteiger partial charge >= 0.3 is 0 Å². The number of hydrogen-bond donors (Lipinski definition) is 0. The molecule has 1 aliphatic heterocycles. The van der Waals surface area contributed by atoms with Crippen molar-refractivity contribution in [3.63, 3.8) is 0 Å². The average molecular weight is 116 g/mol. The summed E-state index contributed by atoms with van der Waals surface area (Å²) in [5.74, 6) is 0.961. The lowest BCUT2D eigenvalue weighted by atomic mass is 10.8. The largest absolute Gasteiger partial charge is 0.476 e. The van der Waals surface area contributed by atoms with Crippen molar-refractivity contribution >= 4 is 17.0 Å². The minimum Gasteiger partial charge on any atom is -0.476 e. The summed E-state index contributed by atoms with van der Waals surface area (Å²) in [5, 5.41) is 0.778. The normalized spacial score (nSPS) is 19.3. The van der Waals surface area contributed by atoms with E-state index in [0.29, 0.717) is 0 Å². The molecule has 0 saturated carbocycles. The van der Waals surface area contributed by atoms with E-state index < -0.39 is 0 Å². The van der Waals surface area contributed by atoms with E-state index in [1.807, 2.05) is 6.54 Å². The van der Waals surface area contributed by atoms with E-state index in [2.05, 4.69) is 4.99 Å². The molecule has 0 fully saturated rings. The van der Waals surface area contributed by atoms with Crippen LogP contribution in [-0.4, -0.2) is 18.1 Å². The molecular formula is C4H6NOS. The van der Waals surface area contributed by atoms with Crippen LogP contribution in [0.4, 0.5) is 0 Å². The fourth-order valence-corrected chi connectivity index (χ4v) is 0.928. The SMILES string of the molecule is COC1=N[CH]CS1. The maximum absolute atomic E-state index is 4.79. The predicted molar refractivity (Wildman–Crippen MR) is 31.2 cm³/mol. The number of nitrogens with zero attached hydrogens (tertiary/aromatic N) is 1. The monoisotopic (exact) mass is 116 g/mol. The standard InChI is InChI=1S/C4H6NOS/c1-6-4-5-2-3-7-4/h2H,3H2,1H3. The first-order valence-electron chi connectivity index (χ1n) is 2.00. The van der Waals surface area contributed by atoms with Crippen molar-refractivity contribution in [2.24, 2.45) is 4.99 Å². The molecule has 2 nitrogen and oxygen atoms in total. The summed E-state index contributed by atoms with van der Waals surface area (Å²) in [5.41, 5.74) is 0. The van der Waals surface area contributed by atoms with Crippen molar-refractivity contribution in [1.29, 1.82) is 0 Å². The van der Waals surface area contributed by atoms with Crippen molar-refractivity contribution in [2.45, 2.75) is 0 Å². The summed E-state index contributed by atoms with van der Waals surface area (Å²) in [7, 11) is 1.63. The number of ether oxygens (including phenoxy) is 1. The molecule has 0 aromatic rings. The molecule has 1 radical (unpaired) electrons. The van der Waals surface area contributed by atoms with Crippen LogP contribution in [0.25, 0.3) is 0 Å². The summed E-state index contributed by atoms with van der Waals surface area (Å²) in [6.45, 7) is 1.84. The first-order chi connectivity index (χ1) is 3.43. The maximum atomic E-state index is 4.79. The molecule has 0 aliphatic carbocycles. The molecule has 0 N–H and O–H groups in total. The molecule has 39 valence electrons. The lowest BCUT2D eigenvalue weighted by Gasteiger charge is -1.90. The molecule has 1 heterocycles. The molecule has 0 unspecified atom stereocenters. The molecule has 1 rings (SSSR count). The van der Waals surface area contributed by atoms with Crippen LogP contribution in [0.3, 0.4) is 0 Å². The first-order valence-corrected chi connectivity index (χ1v) is 2.98. The Morgan fingerprint density at radius 2 is 2.86 bits per heavy atom. The summed E-state index contributed by atoms with van der Waals surface area (Å²) in [4.78, 5) is 3.89. The lowest BCUT2D eigenvalue weighted by molar-refractivity contribution is 0.416. The van der Waals surface area contributed by atoms with Gasteiger partial charge in [-0.2, -0.15) is 0 Å². The van der Waals surface area contributed by atoms with Crippen molar-refractivity contribution in [3.05, 3.63) is 6.54 Å². The average Bonchev–Trinajstić information content (AvgIpc) is 2.14.